The zero-order chi connectivity index (χ0) is 32.9. The number of halogens is 1. The second-order valence-electron chi connectivity index (χ2n) is 11.0. The molecule has 0 aliphatic carbocycles. The van der Waals surface area contributed by atoms with Crippen LogP contribution in [0.15, 0.2) is 114 Å². The number of carbonyl (C=O) groups is 1. The predicted molar refractivity (Wildman–Crippen MR) is 185 cm³/mol. The number of rotatable bonds is 16. The van der Waals surface area contributed by atoms with E-state index in [1.54, 1.807) is 31.0 Å². The van der Waals surface area contributed by atoms with Crippen LogP contribution in [-0.2, 0) is 15.3 Å². The minimum absolute atomic E-state index is 0.0597. The minimum atomic E-state index is -1.31. The van der Waals surface area contributed by atoms with E-state index in [1.165, 1.54) is 12.1 Å². The van der Waals surface area contributed by atoms with Gasteiger partial charge in [0.15, 0.2) is 11.6 Å². The van der Waals surface area contributed by atoms with Crippen molar-refractivity contribution in [3.63, 3.8) is 0 Å². The van der Waals surface area contributed by atoms with Crippen LogP contribution in [-0.4, -0.2) is 55.1 Å². The molecule has 4 aromatic carbocycles. The fraction of sp³-hybridized carbons (Fsp3) is 0.263. The lowest BCUT2D eigenvalue weighted by molar-refractivity contribution is -0.128. The maximum Gasteiger partial charge on any atom is 0.252 e. The Kier molecular flexibility index (Phi) is 12.1. The van der Waals surface area contributed by atoms with E-state index >= 15 is 0 Å². The summed E-state index contributed by atoms with van der Waals surface area (Å²) in [5, 5.41) is 12.2. The van der Waals surface area contributed by atoms with Gasteiger partial charge in [0.05, 0.1) is 13.7 Å². The number of amides is 1. The van der Waals surface area contributed by atoms with Crippen LogP contribution in [0.25, 0.3) is 6.08 Å². The van der Waals surface area contributed by atoms with E-state index < -0.39 is 11.6 Å². The Bertz CT molecular complexity index is 1650. The van der Waals surface area contributed by atoms with Crippen molar-refractivity contribution in [2.45, 2.75) is 30.2 Å². The van der Waals surface area contributed by atoms with Gasteiger partial charge in [-0.15, -0.1) is 0 Å². The molecule has 0 radical (unpaired) electrons. The van der Waals surface area contributed by atoms with Crippen molar-refractivity contribution in [2.24, 2.45) is 4.99 Å². The molecule has 0 unspecified atom stereocenters. The molecule has 0 aromatic heterocycles. The fourth-order valence-electron chi connectivity index (χ4n) is 5.22. The Morgan fingerprint density at radius 1 is 1.02 bits per heavy atom. The van der Waals surface area contributed by atoms with Crippen molar-refractivity contribution < 1.29 is 28.5 Å². The molecular weight excluding hydrogens is 615 g/mol. The first-order valence-electron chi connectivity index (χ1n) is 15.6. The van der Waals surface area contributed by atoms with Crippen molar-refractivity contribution in [1.82, 2.24) is 5.32 Å². The van der Waals surface area contributed by atoms with Crippen molar-refractivity contribution in [1.29, 1.82) is 0 Å². The zero-order valence-electron chi connectivity index (χ0n) is 26.3. The Morgan fingerprint density at radius 2 is 1.81 bits per heavy atom. The van der Waals surface area contributed by atoms with Gasteiger partial charge in [0.25, 0.3) is 5.91 Å². The number of aliphatic hydroxyl groups excluding tert-OH is 1. The van der Waals surface area contributed by atoms with E-state index in [1.807, 2.05) is 91.0 Å². The smallest absolute Gasteiger partial charge is 0.252 e. The summed E-state index contributed by atoms with van der Waals surface area (Å²) < 4.78 is 31.1. The molecule has 1 aliphatic rings. The molecule has 7 nitrogen and oxygen atoms in total. The summed E-state index contributed by atoms with van der Waals surface area (Å²) in [6.07, 6.45) is 4.05. The van der Waals surface area contributed by atoms with Crippen LogP contribution in [0.2, 0.25) is 0 Å². The lowest BCUT2D eigenvalue weighted by atomic mass is 9.84. The van der Waals surface area contributed by atoms with Gasteiger partial charge >= 0.3 is 0 Å². The molecule has 9 heteroatoms. The molecule has 0 fully saturated rings. The normalized spacial score (nSPS) is 17.3. The molecule has 1 heterocycles. The molecule has 5 rings (SSSR count). The molecule has 0 saturated heterocycles. The molecule has 0 bridgehead atoms. The Morgan fingerprint density at radius 3 is 2.55 bits per heavy atom. The highest BCUT2D eigenvalue weighted by molar-refractivity contribution is 7.98. The predicted octanol–water partition coefficient (Wildman–Crippen LogP) is 7.01. The lowest BCUT2D eigenvalue weighted by Gasteiger charge is -2.30. The number of aliphatic imine (C=N–C) groups is 1. The zero-order valence-corrected chi connectivity index (χ0v) is 27.1. The first kappa shape index (κ1) is 33.8. The monoisotopic (exact) mass is 654 g/mol. The average Bonchev–Trinajstić information content (AvgIpc) is 3.50. The van der Waals surface area contributed by atoms with Crippen LogP contribution in [0.5, 0.6) is 11.5 Å². The number of thioether (sulfide) groups is 1. The topological polar surface area (TPSA) is 89.4 Å². The quantitative estimate of drug-likeness (QED) is 0.127. The second kappa shape index (κ2) is 16.8. The van der Waals surface area contributed by atoms with Gasteiger partial charge in [-0.05, 0) is 65.2 Å². The summed E-state index contributed by atoms with van der Waals surface area (Å²) in [6.45, 7) is 0.888. The summed E-state index contributed by atoms with van der Waals surface area (Å²) in [5.74, 6) is 2.53. The van der Waals surface area contributed by atoms with E-state index in [2.05, 4.69) is 5.32 Å². The number of nitrogens with zero attached hydrogens (tertiary/aromatic N) is 1. The molecule has 244 valence electrons. The SMILES string of the molecule is COc1cccc([C@H]2OC(c3ccc(OCCCO)cc3)=N[C@@]2(C/C=C/c2ccccc2)C(=O)NCCSCc2ccc(F)cc2)c1. The Balaban J connectivity index is 1.43. The maximum absolute atomic E-state index is 14.3. The summed E-state index contributed by atoms with van der Waals surface area (Å²) in [5.41, 5.74) is 2.19. The van der Waals surface area contributed by atoms with Gasteiger partial charge in [0.2, 0.25) is 5.90 Å². The van der Waals surface area contributed by atoms with Gasteiger partial charge in [0, 0.05) is 43.1 Å². The average molecular weight is 655 g/mol. The Labute approximate surface area is 279 Å². The van der Waals surface area contributed by atoms with Crippen LogP contribution < -0.4 is 14.8 Å². The molecule has 1 aliphatic heterocycles. The van der Waals surface area contributed by atoms with Gasteiger partial charge in [-0.3, -0.25) is 4.79 Å². The third-order valence-electron chi connectivity index (χ3n) is 7.68. The van der Waals surface area contributed by atoms with Gasteiger partial charge in [-0.25, -0.2) is 9.38 Å². The summed E-state index contributed by atoms with van der Waals surface area (Å²) >= 11 is 1.66. The first-order valence-corrected chi connectivity index (χ1v) is 16.7. The number of benzene rings is 4. The highest BCUT2D eigenvalue weighted by Gasteiger charge is 2.52. The molecule has 2 atom stereocenters. The second-order valence-corrected chi connectivity index (χ2v) is 12.1. The molecular formula is C38H39FN2O5S. The summed E-state index contributed by atoms with van der Waals surface area (Å²) in [7, 11) is 1.60. The molecule has 4 aromatic rings. The number of ether oxygens (including phenoxy) is 3. The van der Waals surface area contributed by atoms with Gasteiger partial charge in [-0.1, -0.05) is 66.7 Å². The lowest BCUT2D eigenvalue weighted by Crippen LogP contribution is -2.48. The van der Waals surface area contributed by atoms with Crippen molar-refractivity contribution >= 4 is 29.6 Å². The van der Waals surface area contributed by atoms with E-state index in [0.717, 1.165) is 16.7 Å². The van der Waals surface area contributed by atoms with Crippen LogP contribution in [0.1, 0.15) is 41.2 Å². The number of methoxy groups -OCH3 is 1. The summed E-state index contributed by atoms with van der Waals surface area (Å²) in [4.78, 5) is 19.4. The molecule has 2 N–H and O–H groups in total. The fourth-order valence-corrected chi connectivity index (χ4v) is 6.04. The van der Waals surface area contributed by atoms with Gasteiger partial charge < -0.3 is 24.6 Å². The van der Waals surface area contributed by atoms with Gasteiger partial charge in [0.1, 0.15) is 17.3 Å². The van der Waals surface area contributed by atoms with Gasteiger partial charge in [-0.2, -0.15) is 11.8 Å². The number of hydrogen-bond donors (Lipinski definition) is 2. The highest BCUT2D eigenvalue weighted by Crippen LogP contribution is 2.43. The van der Waals surface area contributed by atoms with Crippen LogP contribution in [0, 0.1) is 5.82 Å². The molecule has 1 amide bonds. The largest absolute Gasteiger partial charge is 0.497 e. The van der Waals surface area contributed by atoms with Crippen molar-refractivity contribution in [3.05, 3.63) is 137 Å². The molecule has 0 saturated carbocycles. The highest BCUT2D eigenvalue weighted by atomic mass is 32.2. The van der Waals surface area contributed by atoms with E-state index in [9.17, 15) is 9.18 Å². The Hall–Kier alpha value is -4.60. The van der Waals surface area contributed by atoms with E-state index in [-0.39, 0.29) is 24.8 Å². The van der Waals surface area contributed by atoms with Crippen LogP contribution in [0.3, 0.4) is 0 Å². The van der Waals surface area contributed by atoms with E-state index in [0.29, 0.717) is 54.0 Å². The molecule has 0 spiro atoms. The van der Waals surface area contributed by atoms with Crippen molar-refractivity contribution in [3.8, 4) is 11.5 Å². The maximum atomic E-state index is 14.3. The number of carbonyl (C=O) groups excluding carboxylic acids is 1. The number of aliphatic hydroxyl groups is 1. The third kappa shape index (κ3) is 9.02. The minimum Gasteiger partial charge on any atom is -0.497 e. The molecule has 47 heavy (non-hydrogen) atoms. The third-order valence-corrected chi connectivity index (χ3v) is 8.71. The standard InChI is InChI=1S/C38H39FN2O5S/c1-44-34-12-5-11-31(26-34)35-38(21-6-10-28-8-3-2-4-9-28,37(43)40-22-25-47-27-29-13-17-32(39)18-14-29)41-36(46-35)30-15-19-33(20-16-30)45-24-7-23-42/h2-6,8-20,26,35,42H,7,21-25,27H2,1H3,(H,40,43)/b10-6+/t35-,38-/m1/s1. The van der Waals surface area contributed by atoms with Crippen LogP contribution >= 0.6 is 11.8 Å². The summed E-state index contributed by atoms with van der Waals surface area (Å²) in [6, 6.07) is 31.3. The van der Waals surface area contributed by atoms with E-state index in [4.69, 9.17) is 24.3 Å². The van der Waals surface area contributed by atoms with Crippen LogP contribution in [0.4, 0.5) is 4.39 Å². The number of nitrogens with one attached hydrogen (secondary N) is 1. The number of hydrogen-bond acceptors (Lipinski definition) is 7. The van der Waals surface area contributed by atoms with Crippen molar-refractivity contribution in [2.75, 3.05) is 32.6 Å². The first-order chi connectivity index (χ1) is 23.0.